The number of anilines is 1. The summed E-state index contributed by atoms with van der Waals surface area (Å²) in [5, 5.41) is 3.31. The third kappa shape index (κ3) is 3.38. The number of aromatic nitrogens is 2. The minimum absolute atomic E-state index is 0.266. The van der Waals surface area contributed by atoms with Gasteiger partial charge in [-0.2, -0.15) is 0 Å². The molecule has 0 spiro atoms. The van der Waals surface area contributed by atoms with Gasteiger partial charge in [-0.05, 0) is 30.4 Å². The second-order valence-corrected chi connectivity index (χ2v) is 6.50. The first kappa shape index (κ1) is 15.8. The van der Waals surface area contributed by atoms with E-state index >= 15 is 0 Å². The molecule has 0 saturated heterocycles. The quantitative estimate of drug-likeness (QED) is 0.700. The molecule has 0 aliphatic heterocycles. The Morgan fingerprint density at radius 1 is 0.920 bits per heavy atom. The van der Waals surface area contributed by atoms with Crippen molar-refractivity contribution >= 4 is 5.82 Å². The van der Waals surface area contributed by atoms with Gasteiger partial charge in [-0.15, -0.1) is 0 Å². The maximum Gasteiger partial charge on any atom is 0.144 e. The molecule has 1 aromatic heterocycles. The van der Waals surface area contributed by atoms with Crippen LogP contribution < -0.4 is 5.32 Å². The Kier molecular flexibility index (Phi) is 4.42. The maximum absolute atomic E-state index is 15.0. The van der Waals surface area contributed by atoms with E-state index in [1.807, 2.05) is 36.4 Å². The number of nitrogens with one attached hydrogen (secondary N) is 1. The van der Waals surface area contributed by atoms with E-state index in [1.165, 1.54) is 19.3 Å². The van der Waals surface area contributed by atoms with Crippen LogP contribution in [0.2, 0.25) is 0 Å². The van der Waals surface area contributed by atoms with E-state index in [1.54, 1.807) is 24.5 Å². The largest absolute Gasteiger partial charge is 0.369 e. The monoisotopic (exact) mass is 333 g/mol. The van der Waals surface area contributed by atoms with Crippen LogP contribution in [0.25, 0.3) is 22.4 Å². The molecule has 126 valence electrons. The zero-order valence-corrected chi connectivity index (χ0v) is 14.0. The second kappa shape index (κ2) is 7.01. The van der Waals surface area contributed by atoms with Gasteiger partial charge >= 0.3 is 0 Å². The van der Waals surface area contributed by atoms with Gasteiger partial charge in [-0.3, -0.25) is 4.98 Å². The van der Waals surface area contributed by atoms with E-state index in [2.05, 4.69) is 15.3 Å². The first-order valence-electron chi connectivity index (χ1n) is 8.71. The second-order valence-electron chi connectivity index (χ2n) is 6.50. The molecule has 1 saturated carbocycles. The molecule has 2 aromatic carbocycles. The maximum atomic E-state index is 15.0. The van der Waals surface area contributed by atoms with Crippen LogP contribution in [0.3, 0.4) is 0 Å². The van der Waals surface area contributed by atoms with Gasteiger partial charge in [0.05, 0.1) is 18.1 Å². The highest BCUT2D eigenvalue weighted by Crippen LogP contribution is 2.30. The number of halogens is 1. The molecule has 3 aromatic rings. The molecule has 3 nitrogen and oxygen atoms in total. The molecule has 4 rings (SSSR count). The number of hydrogen-bond donors (Lipinski definition) is 1. The smallest absolute Gasteiger partial charge is 0.144 e. The molecule has 1 fully saturated rings. The van der Waals surface area contributed by atoms with Crippen LogP contribution in [0.5, 0.6) is 0 Å². The minimum Gasteiger partial charge on any atom is -0.369 e. The van der Waals surface area contributed by atoms with Gasteiger partial charge in [0.2, 0.25) is 0 Å². The molecule has 0 bridgehead atoms. The molecular formula is C21H20FN3. The number of rotatable bonds is 5. The summed E-state index contributed by atoms with van der Waals surface area (Å²) in [6.45, 7) is 0.936. The minimum atomic E-state index is -0.266. The highest BCUT2D eigenvalue weighted by molar-refractivity contribution is 5.72. The lowest BCUT2D eigenvalue weighted by Gasteiger charge is -2.25. The Balaban J connectivity index is 1.57. The normalized spacial score (nSPS) is 14.1. The highest BCUT2D eigenvalue weighted by Gasteiger charge is 2.17. The zero-order valence-electron chi connectivity index (χ0n) is 14.0. The van der Waals surface area contributed by atoms with Crippen molar-refractivity contribution in [2.24, 2.45) is 5.92 Å². The summed E-state index contributed by atoms with van der Waals surface area (Å²) in [7, 11) is 0. The molecule has 0 amide bonds. The van der Waals surface area contributed by atoms with Crippen molar-refractivity contribution in [1.82, 2.24) is 9.97 Å². The molecule has 1 N–H and O–H groups in total. The Labute approximate surface area is 147 Å². The Bertz CT molecular complexity index is 843. The predicted octanol–water partition coefficient (Wildman–Crippen LogP) is 5.16. The van der Waals surface area contributed by atoms with Gasteiger partial charge < -0.3 is 5.32 Å². The van der Waals surface area contributed by atoms with E-state index in [0.717, 1.165) is 23.8 Å². The Morgan fingerprint density at radius 3 is 2.40 bits per heavy atom. The lowest BCUT2D eigenvalue weighted by Crippen LogP contribution is -2.21. The van der Waals surface area contributed by atoms with E-state index < -0.39 is 0 Å². The van der Waals surface area contributed by atoms with Gasteiger partial charge in [-0.1, -0.05) is 48.9 Å². The highest BCUT2D eigenvalue weighted by atomic mass is 19.1. The van der Waals surface area contributed by atoms with Crippen molar-refractivity contribution in [2.45, 2.75) is 19.3 Å². The van der Waals surface area contributed by atoms with Crippen molar-refractivity contribution < 1.29 is 4.39 Å². The van der Waals surface area contributed by atoms with Crippen molar-refractivity contribution in [2.75, 3.05) is 11.9 Å². The van der Waals surface area contributed by atoms with Crippen LogP contribution in [0.1, 0.15) is 19.3 Å². The molecule has 0 atom stereocenters. The summed E-state index contributed by atoms with van der Waals surface area (Å²) in [5.41, 5.74) is 2.45. The first-order valence-corrected chi connectivity index (χ1v) is 8.71. The standard InChI is InChI=1S/C21H20FN3/c22-21-17(16-8-2-1-3-9-16)10-5-11-18(21)19-13-25-20(14-23-19)24-12-15-6-4-7-15/h1-3,5,8-11,13-15H,4,6-7,12H2,(H,24,25). The summed E-state index contributed by atoms with van der Waals surface area (Å²) >= 11 is 0. The van der Waals surface area contributed by atoms with Crippen LogP contribution in [0, 0.1) is 11.7 Å². The zero-order chi connectivity index (χ0) is 17.1. The molecule has 4 heteroatoms. The molecule has 25 heavy (non-hydrogen) atoms. The lowest BCUT2D eigenvalue weighted by atomic mass is 9.85. The summed E-state index contributed by atoms with van der Waals surface area (Å²) in [5.74, 6) is 1.23. The summed E-state index contributed by atoms with van der Waals surface area (Å²) < 4.78 is 15.0. The number of nitrogens with zero attached hydrogens (tertiary/aromatic N) is 2. The molecule has 1 aliphatic rings. The van der Waals surface area contributed by atoms with Crippen LogP contribution in [-0.2, 0) is 0 Å². The fraction of sp³-hybridized carbons (Fsp3) is 0.238. The van der Waals surface area contributed by atoms with Crippen molar-refractivity contribution in [3.63, 3.8) is 0 Å². The van der Waals surface area contributed by atoms with E-state index in [9.17, 15) is 4.39 Å². The summed E-state index contributed by atoms with van der Waals surface area (Å²) in [6.07, 6.45) is 7.22. The van der Waals surface area contributed by atoms with Crippen LogP contribution >= 0.6 is 0 Å². The molecule has 1 aliphatic carbocycles. The van der Waals surface area contributed by atoms with Gasteiger partial charge in [-0.25, -0.2) is 9.37 Å². The van der Waals surface area contributed by atoms with Gasteiger partial charge in [0.25, 0.3) is 0 Å². The Morgan fingerprint density at radius 2 is 1.72 bits per heavy atom. The van der Waals surface area contributed by atoms with Crippen LogP contribution in [0.15, 0.2) is 60.9 Å². The van der Waals surface area contributed by atoms with E-state index in [-0.39, 0.29) is 5.82 Å². The van der Waals surface area contributed by atoms with E-state index in [0.29, 0.717) is 16.8 Å². The van der Waals surface area contributed by atoms with Gasteiger partial charge in [0, 0.05) is 17.7 Å². The first-order chi connectivity index (χ1) is 12.3. The van der Waals surface area contributed by atoms with Crippen LogP contribution in [0.4, 0.5) is 10.2 Å². The molecule has 0 unspecified atom stereocenters. The van der Waals surface area contributed by atoms with Crippen LogP contribution in [-0.4, -0.2) is 16.5 Å². The van der Waals surface area contributed by atoms with E-state index in [4.69, 9.17) is 0 Å². The topological polar surface area (TPSA) is 37.8 Å². The average molecular weight is 333 g/mol. The molecule has 1 heterocycles. The summed E-state index contributed by atoms with van der Waals surface area (Å²) in [6, 6.07) is 14.9. The fourth-order valence-electron chi connectivity index (χ4n) is 3.07. The van der Waals surface area contributed by atoms with Gasteiger partial charge in [0.15, 0.2) is 0 Å². The number of hydrogen-bond acceptors (Lipinski definition) is 3. The third-order valence-corrected chi connectivity index (χ3v) is 4.81. The predicted molar refractivity (Wildman–Crippen MR) is 98.7 cm³/mol. The lowest BCUT2D eigenvalue weighted by molar-refractivity contribution is 0.333. The summed E-state index contributed by atoms with van der Waals surface area (Å²) in [4.78, 5) is 8.79. The molecular weight excluding hydrogens is 313 g/mol. The average Bonchev–Trinajstić information content (AvgIpc) is 2.62. The fourth-order valence-corrected chi connectivity index (χ4v) is 3.07. The van der Waals surface area contributed by atoms with Gasteiger partial charge in [0.1, 0.15) is 11.6 Å². The SMILES string of the molecule is Fc1c(-c2ccccc2)cccc1-c1cnc(NCC2CCC2)cn1. The number of benzene rings is 2. The van der Waals surface area contributed by atoms with Crippen molar-refractivity contribution in [3.8, 4) is 22.4 Å². The van der Waals surface area contributed by atoms with Crippen molar-refractivity contribution in [3.05, 3.63) is 66.7 Å². The third-order valence-electron chi connectivity index (χ3n) is 4.81. The Hall–Kier alpha value is -2.75. The van der Waals surface area contributed by atoms with Crippen molar-refractivity contribution in [1.29, 1.82) is 0 Å². The molecule has 0 radical (unpaired) electrons.